The summed E-state index contributed by atoms with van der Waals surface area (Å²) < 4.78 is 0. The minimum absolute atomic E-state index is 0.0737. The van der Waals surface area contributed by atoms with Crippen LogP contribution in [0.5, 0.6) is 0 Å². The molecule has 1 atom stereocenters. The van der Waals surface area contributed by atoms with E-state index in [1.807, 2.05) is 55.1 Å². The lowest BCUT2D eigenvalue weighted by Crippen LogP contribution is -2.51. The van der Waals surface area contributed by atoms with E-state index in [9.17, 15) is 4.79 Å². The van der Waals surface area contributed by atoms with Gasteiger partial charge in [-0.05, 0) is 31.2 Å². The van der Waals surface area contributed by atoms with Crippen LogP contribution in [0.2, 0.25) is 0 Å². The molecule has 5 nitrogen and oxygen atoms in total. The normalized spacial score (nSPS) is 17.1. The molecule has 0 spiro atoms. The van der Waals surface area contributed by atoms with Crippen molar-refractivity contribution in [2.24, 2.45) is 0 Å². The number of anilines is 1. The minimum atomic E-state index is -0.0818. The van der Waals surface area contributed by atoms with E-state index in [1.165, 1.54) is 0 Å². The molecule has 112 valence electrons. The van der Waals surface area contributed by atoms with Crippen LogP contribution in [-0.4, -0.2) is 62.0 Å². The van der Waals surface area contributed by atoms with Gasteiger partial charge in [0, 0.05) is 51.5 Å². The molecule has 0 N–H and O–H groups in total. The number of rotatable bonds is 3. The van der Waals surface area contributed by atoms with Crippen molar-refractivity contribution in [2.75, 3.05) is 45.2 Å². The molecule has 1 saturated heterocycles. The first-order valence-corrected chi connectivity index (χ1v) is 7.23. The highest BCUT2D eigenvalue weighted by Crippen LogP contribution is 2.15. The minimum Gasteiger partial charge on any atom is -0.378 e. The number of nitrogens with zero attached hydrogens (tertiary/aromatic N) is 4. The van der Waals surface area contributed by atoms with Crippen molar-refractivity contribution in [1.82, 2.24) is 9.80 Å². The molecule has 0 bridgehead atoms. The summed E-state index contributed by atoms with van der Waals surface area (Å²) in [7, 11) is 3.96. The molecule has 0 aromatic heterocycles. The Kier molecular flexibility index (Phi) is 4.81. The lowest BCUT2D eigenvalue weighted by Gasteiger charge is -2.35. The fourth-order valence-corrected chi connectivity index (χ4v) is 2.48. The summed E-state index contributed by atoms with van der Waals surface area (Å²) in [6.07, 6.45) is 0. The maximum absolute atomic E-state index is 12.5. The van der Waals surface area contributed by atoms with Crippen molar-refractivity contribution >= 4 is 11.6 Å². The smallest absolute Gasteiger partial charge is 0.253 e. The van der Waals surface area contributed by atoms with Crippen molar-refractivity contribution < 1.29 is 4.79 Å². The summed E-state index contributed by atoms with van der Waals surface area (Å²) in [5, 5.41) is 8.93. The van der Waals surface area contributed by atoms with Gasteiger partial charge in [-0.1, -0.05) is 0 Å². The van der Waals surface area contributed by atoms with Gasteiger partial charge in [-0.3, -0.25) is 9.69 Å². The number of hydrogen-bond donors (Lipinski definition) is 0. The maximum atomic E-state index is 12.5. The predicted molar refractivity (Wildman–Crippen MR) is 83.3 cm³/mol. The summed E-state index contributed by atoms with van der Waals surface area (Å²) in [6, 6.07) is 9.84. The molecule has 1 aliphatic rings. The van der Waals surface area contributed by atoms with Crippen molar-refractivity contribution in [3.05, 3.63) is 29.8 Å². The van der Waals surface area contributed by atoms with Crippen LogP contribution in [0, 0.1) is 11.3 Å². The second-order valence-electron chi connectivity index (χ2n) is 5.57. The van der Waals surface area contributed by atoms with Crippen molar-refractivity contribution in [2.45, 2.75) is 13.0 Å². The van der Waals surface area contributed by atoms with Crippen LogP contribution in [-0.2, 0) is 0 Å². The largest absolute Gasteiger partial charge is 0.378 e. The second-order valence-corrected chi connectivity index (χ2v) is 5.57. The topological polar surface area (TPSA) is 50.6 Å². The number of carbonyl (C=O) groups is 1. The number of hydrogen-bond acceptors (Lipinski definition) is 4. The van der Waals surface area contributed by atoms with E-state index in [4.69, 9.17) is 5.26 Å². The van der Waals surface area contributed by atoms with E-state index in [2.05, 4.69) is 11.0 Å². The fourth-order valence-electron chi connectivity index (χ4n) is 2.48. The third kappa shape index (κ3) is 3.53. The van der Waals surface area contributed by atoms with Crippen LogP contribution in [0.4, 0.5) is 5.69 Å². The number of carbonyl (C=O) groups excluding carboxylic acids is 1. The Morgan fingerprint density at radius 1 is 1.19 bits per heavy atom. The summed E-state index contributed by atoms with van der Waals surface area (Å²) >= 11 is 0. The molecule has 0 saturated carbocycles. The fraction of sp³-hybridized carbons (Fsp3) is 0.500. The quantitative estimate of drug-likeness (QED) is 0.843. The van der Waals surface area contributed by atoms with E-state index >= 15 is 0 Å². The van der Waals surface area contributed by atoms with Crippen molar-refractivity contribution in [3.8, 4) is 6.07 Å². The number of amides is 1. The molecule has 1 amide bonds. The number of benzene rings is 1. The molecule has 1 heterocycles. The van der Waals surface area contributed by atoms with Gasteiger partial charge in [0.05, 0.1) is 12.1 Å². The Balaban J connectivity index is 1.97. The van der Waals surface area contributed by atoms with E-state index < -0.39 is 0 Å². The SMILES string of the molecule is CC(C#N)N1CCN(C(=O)c2ccc(N(C)C)cc2)CC1. The number of nitriles is 1. The monoisotopic (exact) mass is 286 g/mol. The van der Waals surface area contributed by atoms with Crippen LogP contribution < -0.4 is 4.90 Å². The molecular weight excluding hydrogens is 264 g/mol. The van der Waals surface area contributed by atoms with E-state index in [-0.39, 0.29) is 11.9 Å². The van der Waals surface area contributed by atoms with Crippen molar-refractivity contribution in [3.63, 3.8) is 0 Å². The van der Waals surface area contributed by atoms with Crippen LogP contribution >= 0.6 is 0 Å². The van der Waals surface area contributed by atoms with Crippen LogP contribution in [0.15, 0.2) is 24.3 Å². The first-order valence-electron chi connectivity index (χ1n) is 7.23. The summed E-state index contributed by atoms with van der Waals surface area (Å²) in [6.45, 7) is 4.78. The molecule has 1 aromatic carbocycles. The first-order chi connectivity index (χ1) is 10.0. The van der Waals surface area contributed by atoms with E-state index in [1.54, 1.807) is 0 Å². The van der Waals surface area contributed by atoms with Gasteiger partial charge in [0.2, 0.25) is 0 Å². The predicted octanol–water partition coefficient (Wildman–Crippen LogP) is 1.42. The van der Waals surface area contributed by atoms with Gasteiger partial charge in [-0.15, -0.1) is 0 Å². The van der Waals surface area contributed by atoms with Crippen LogP contribution in [0.25, 0.3) is 0 Å². The summed E-state index contributed by atoms with van der Waals surface area (Å²) in [5.74, 6) is 0.0737. The molecule has 0 aliphatic carbocycles. The summed E-state index contributed by atoms with van der Waals surface area (Å²) in [5.41, 5.74) is 1.81. The third-order valence-corrected chi connectivity index (χ3v) is 3.97. The lowest BCUT2D eigenvalue weighted by atomic mass is 10.1. The Morgan fingerprint density at radius 3 is 2.24 bits per heavy atom. The average molecular weight is 286 g/mol. The standard InChI is InChI=1S/C16H22N4O/c1-13(12-17)19-8-10-20(11-9-19)16(21)14-4-6-15(7-5-14)18(2)3/h4-7,13H,8-11H2,1-3H3. The Hall–Kier alpha value is -2.06. The van der Waals surface area contributed by atoms with E-state index in [0.29, 0.717) is 13.1 Å². The van der Waals surface area contributed by atoms with Gasteiger partial charge < -0.3 is 9.80 Å². The van der Waals surface area contributed by atoms with Crippen LogP contribution in [0.3, 0.4) is 0 Å². The highest BCUT2D eigenvalue weighted by atomic mass is 16.2. The van der Waals surface area contributed by atoms with Crippen LogP contribution in [0.1, 0.15) is 17.3 Å². The molecule has 1 aromatic rings. The Morgan fingerprint density at radius 2 is 1.76 bits per heavy atom. The van der Waals surface area contributed by atoms with Gasteiger partial charge in [0.1, 0.15) is 0 Å². The molecule has 0 radical (unpaired) electrons. The first kappa shape index (κ1) is 15.3. The Bertz CT molecular complexity index is 524. The zero-order valence-corrected chi connectivity index (χ0v) is 12.9. The van der Waals surface area contributed by atoms with Gasteiger partial charge in [-0.2, -0.15) is 5.26 Å². The molecule has 1 aliphatic heterocycles. The molecule has 1 fully saturated rings. The number of piperazine rings is 1. The summed E-state index contributed by atoms with van der Waals surface area (Å²) in [4.78, 5) is 18.4. The zero-order valence-electron chi connectivity index (χ0n) is 12.9. The van der Waals surface area contributed by atoms with Gasteiger partial charge in [0.25, 0.3) is 5.91 Å². The molecule has 21 heavy (non-hydrogen) atoms. The molecule has 2 rings (SSSR count). The molecule has 1 unspecified atom stereocenters. The van der Waals surface area contributed by atoms with Gasteiger partial charge >= 0.3 is 0 Å². The van der Waals surface area contributed by atoms with Gasteiger partial charge in [-0.25, -0.2) is 0 Å². The lowest BCUT2D eigenvalue weighted by molar-refractivity contribution is 0.0615. The maximum Gasteiger partial charge on any atom is 0.253 e. The van der Waals surface area contributed by atoms with Gasteiger partial charge in [0.15, 0.2) is 0 Å². The third-order valence-electron chi connectivity index (χ3n) is 3.97. The highest BCUT2D eigenvalue weighted by molar-refractivity contribution is 5.94. The average Bonchev–Trinajstić information content (AvgIpc) is 2.53. The van der Waals surface area contributed by atoms with E-state index in [0.717, 1.165) is 24.3 Å². The highest BCUT2D eigenvalue weighted by Gasteiger charge is 2.24. The molecular formula is C16H22N4O. The zero-order chi connectivity index (χ0) is 15.4. The molecule has 5 heteroatoms. The Labute approximate surface area is 126 Å². The second kappa shape index (κ2) is 6.59. The van der Waals surface area contributed by atoms with Crippen molar-refractivity contribution in [1.29, 1.82) is 5.26 Å².